The first kappa shape index (κ1) is 15.0. The number of rotatable bonds is 6. The Bertz CT molecular complexity index is 434. The molecule has 0 saturated heterocycles. The third kappa shape index (κ3) is 4.32. The molecule has 5 heteroatoms. The molecule has 0 aliphatic heterocycles. The lowest BCUT2D eigenvalue weighted by molar-refractivity contribution is -0.137. The number of carbonyl (C=O) groups is 1. The first-order chi connectivity index (χ1) is 9.54. The minimum absolute atomic E-state index is 0.242. The van der Waals surface area contributed by atoms with Gasteiger partial charge in [-0.3, -0.25) is 4.79 Å². The molecule has 1 N–H and O–H groups in total. The summed E-state index contributed by atoms with van der Waals surface area (Å²) in [4.78, 5) is 10.5. The lowest BCUT2D eigenvalue weighted by Gasteiger charge is -2.31. The molecule has 0 aromatic carbocycles. The van der Waals surface area contributed by atoms with E-state index in [0.717, 1.165) is 30.4 Å². The van der Waals surface area contributed by atoms with Gasteiger partial charge in [0.2, 0.25) is 0 Å². The van der Waals surface area contributed by atoms with Crippen molar-refractivity contribution in [2.75, 3.05) is 0 Å². The van der Waals surface area contributed by atoms with Crippen LogP contribution in [-0.4, -0.2) is 26.1 Å². The summed E-state index contributed by atoms with van der Waals surface area (Å²) in [5.41, 5.74) is 0.987. The minimum Gasteiger partial charge on any atom is -0.481 e. The zero-order valence-corrected chi connectivity index (χ0v) is 12.5. The first-order valence-electron chi connectivity index (χ1n) is 7.67. The van der Waals surface area contributed by atoms with Gasteiger partial charge >= 0.3 is 5.97 Å². The average molecular weight is 279 g/mol. The number of aliphatic carboxylic acids is 1. The predicted molar refractivity (Wildman–Crippen MR) is 76.4 cm³/mol. The van der Waals surface area contributed by atoms with Gasteiger partial charge in [-0.1, -0.05) is 19.1 Å². The molecule has 112 valence electrons. The van der Waals surface area contributed by atoms with Crippen LogP contribution in [0.25, 0.3) is 0 Å². The van der Waals surface area contributed by atoms with E-state index in [-0.39, 0.29) is 6.42 Å². The van der Waals surface area contributed by atoms with Crippen LogP contribution >= 0.6 is 0 Å². The quantitative estimate of drug-likeness (QED) is 0.813. The van der Waals surface area contributed by atoms with E-state index >= 15 is 0 Å². The van der Waals surface area contributed by atoms with Crippen molar-refractivity contribution in [1.29, 1.82) is 0 Å². The van der Waals surface area contributed by atoms with Gasteiger partial charge in [-0.25, -0.2) is 4.68 Å². The minimum atomic E-state index is -0.723. The highest BCUT2D eigenvalue weighted by molar-refractivity contribution is 5.66. The Morgan fingerprint density at radius 3 is 2.65 bits per heavy atom. The smallest absolute Gasteiger partial charge is 0.303 e. The molecule has 5 nitrogen and oxygen atoms in total. The first-order valence-corrected chi connectivity index (χ1v) is 7.67. The highest BCUT2D eigenvalue weighted by Crippen LogP contribution is 2.35. The number of unbranched alkanes of at least 4 members (excludes halogenated alkanes) is 1. The summed E-state index contributed by atoms with van der Waals surface area (Å²) < 4.78 is 2.03. The molecule has 1 saturated carbocycles. The number of aryl methyl sites for hydroxylation is 1. The van der Waals surface area contributed by atoms with Crippen LogP contribution in [0.3, 0.4) is 0 Å². The van der Waals surface area contributed by atoms with Crippen LogP contribution in [0, 0.1) is 11.8 Å². The maximum Gasteiger partial charge on any atom is 0.303 e. The summed E-state index contributed by atoms with van der Waals surface area (Å²) in [6.07, 6.45) is 8.38. The third-order valence-electron chi connectivity index (χ3n) is 4.16. The van der Waals surface area contributed by atoms with Gasteiger partial charge in [0.25, 0.3) is 0 Å². The predicted octanol–water partition coefficient (Wildman–Crippen LogP) is 3.07. The zero-order valence-electron chi connectivity index (χ0n) is 12.5. The molecular formula is C15H25N3O2. The standard InChI is InChI=1S/C15H25N3O2/c1-11-7-12(2)9-14(8-11)18-10-13(16-17-18)5-3-4-6-15(19)20/h10-12,14H,3-9H2,1-2H3,(H,19,20). The van der Waals surface area contributed by atoms with Crippen LogP contribution in [-0.2, 0) is 11.2 Å². The van der Waals surface area contributed by atoms with Gasteiger partial charge in [0, 0.05) is 12.6 Å². The van der Waals surface area contributed by atoms with Crippen molar-refractivity contribution in [3.63, 3.8) is 0 Å². The number of hydrogen-bond acceptors (Lipinski definition) is 3. The monoisotopic (exact) mass is 279 g/mol. The fourth-order valence-electron chi connectivity index (χ4n) is 3.31. The molecule has 1 aromatic heterocycles. The molecule has 0 spiro atoms. The number of carboxylic acid groups (broad SMARTS) is 1. The van der Waals surface area contributed by atoms with Crippen LogP contribution in [0.15, 0.2) is 6.20 Å². The SMILES string of the molecule is CC1CC(C)CC(n2cc(CCCCC(=O)O)nn2)C1. The van der Waals surface area contributed by atoms with Gasteiger partial charge < -0.3 is 5.11 Å². The van der Waals surface area contributed by atoms with Crippen molar-refractivity contribution in [1.82, 2.24) is 15.0 Å². The summed E-state index contributed by atoms with van der Waals surface area (Å²) in [7, 11) is 0. The Kier molecular flexibility index (Phi) is 5.15. The van der Waals surface area contributed by atoms with Crippen molar-refractivity contribution < 1.29 is 9.90 Å². The largest absolute Gasteiger partial charge is 0.481 e. The van der Waals surface area contributed by atoms with Crippen LogP contribution in [0.1, 0.15) is 64.1 Å². The van der Waals surface area contributed by atoms with E-state index in [0.29, 0.717) is 12.5 Å². The van der Waals surface area contributed by atoms with Crippen molar-refractivity contribution in [2.45, 2.75) is 64.8 Å². The van der Waals surface area contributed by atoms with E-state index in [4.69, 9.17) is 5.11 Å². The fraction of sp³-hybridized carbons (Fsp3) is 0.800. The van der Waals surface area contributed by atoms with Gasteiger partial charge in [-0.05, 0) is 50.4 Å². The van der Waals surface area contributed by atoms with Gasteiger partial charge in [0.05, 0.1) is 11.7 Å². The molecule has 20 heavy (non-hydrogen) atoms. The van der Waals surface area contributed by atoms with E-state index in [9.17, 15) is 4.79 Å². The second kappa shape index (κ2) is 6.86. The molecule has 0 bridgehead atoms. The van der Waals surface area contributed by atoms with Crippen molar-refractivity contribution in [3.8, 4) is 0 Å². The van der Waals surface area contributed by atoms with E-state index < -0.39 is 5.97 Å². The molecule has 0 radical (unpaired) electrons. The summed E-state index contributed by atoms with van der Waals surface area (Å²) >= 11 is 0. The Labute approximate surface area is 120 Å². The van der Waals surface area contributed by atoms with Gasteiger partial charge in [0.15, 0.2) is 0 Å². The fourth-order valence-corrected chi connectivity index (χ4v) is 3.31. The molecule has 1 aliphatic rings. The number of hydrogen-bond donors (Lipinski definition) is 1. The molecule has 2 atom stereocenters. The van der Waals surface area contributed by atoms with Gasteiger partial charge in [-0.2, -0.15) is 0 Å². The Balaban J connectivity index is 1.83. The Morgan fingerprint density at radius 1 is 1.30 bits per heavy atom. The maximum absolute atomic E-state index is 10.5. The lowest BCUT2D eigenvalue weighted by Crippen LogP contribution is -2.23. The van der Waals surface area contributed by atoms with E-state index in [1.807, 2.05) is 4.68 Å². The topological polar surface area (TPSA) is 68.0 Å². The summed E-state index contributed by atoms with van der Waals surface area (Å²) in [6, 6.07) is 0.481. The summed E-state index contributed by atoms with van der Waals surface area (Å²) in [6.45, 7) is 4.62. The molecule has 1 aromatic rings. The highest BCUT2D eigenvalue weighted by atomic mass is 16.4. The molecule has 1 aliphatic carbocycles. The maximum atomic E-state index is 10.5. The van der Waals surface area contributed by atoms with E-state index in [1.165, 1.54) is 19.3 Å². The summed E-state index contributed by atoms with van der Waals surface area (Å²) in [5.74, 6) is 0.790. The average Bonchev–Trinajstić information content (AvgIpc) is 2.82. The zero-order chi connectivity index (χ0) is 14.5. The second-order valence-corrected chi connectivity index (χ2v) is 6.36. The molecule has 0 amide bonds. The van der Waals surface area contributed by atoms with Crippen molar-refractivity contribution in [3.05, 3.63) is 11.9 Å². The van der Waals surface area contributed by atoms with Crippen LogP contribution in [0.5, 0.6) is 0 Å². The van der Waals surface area contributed by atoms with Gasteiger partial charge in [-0.15, -0.1) is 5.10 Å². The molecular weight excluding hydrogens is 254 g/mol. The van der Waals surface area contributed by atoms with Gasteiger partial charge in [0.1, 0.15) is 0 Å². The van der Waals surface area contributed by atoms with Crippen LogP contribution < -0.4 is 0 Å². The molecule has 1 fully saturated rings. The highest BCUT2D eigenvalue weighted by Gasteiger charge is 2.25. The van der Waals surface area contributed by atoms with Crippen molar-refractivity contribution in [2.24, 2.45) is 11.8 Å². The lowest BCUT2D eigenvalue weighted by atomic mass is 9.80. The van der Waals surface area contributed by atoms with Crippen LogP contribution in [0.2, 0.25) is 0 Å². The van der Waals surface area contributed by atoms with Crippen molar-refractivity contribution >= 4 is 5.97 Å². The number of nitrogens with zero attached hydrogens (tertiary/aromatic N) is 3. The Morgan fingerprint density at radius 2 is 2.00 bits per heavy atom. The van der Waals surface area contributed by atoms with Crippen LogP contribution in [0.4, 0.5) is 0 Å². The normalized spacial score (nSPS) is 26.6. The second-order valence-electron chi connectivity index (χ2n) is 6.36. The molecule has 1 heterocycles. The summed E-state index contributed by atoms with van der Waals surface area (Å²) in [5, 5.41) is 17.1. The third-order valence-corrected chi connectivity index (χ3v) is 4.16. The number of carboxylic acids is 1. The molecule has 2 unspecified atom stereocenters. The molecule has 2 rings (SSSR count). The number of aromatic nitrogens is 3. The Hall–Kier alpha value is -1.39. The van der Waals surface area contributed by atoms with E-state index in [1.54, 1.807) is 0 Å². The van der Waals surface area contributed by atoms with E-state index in [2.05, 4.69) is 30.4 Å².